The first-order valence-corrected chi connectivity index (χ1v) is 9.54. The maximum absolute atomic E-state index is 5.92. The van der Waals surface area contributed by atoms with Crippen LogP contribution in [0.1, 0.15) is 33.1 Å². The molecule has 1 aromatic rings. The number of hydrogen-bond acceptors (Lipinski definition) is 3. The summed E-state index contributed by atoms with van der Waals surface area (Å²) in [6.07, 6.45) is 4.36. The number of thioether (sulfide) groups is 1. The lowest BCUT2D eigenvalue weighted by atomic mass is 9.96. The number of aliphatic imine (C=N–C) groups is 1. The van der Waals surface area contributed by atoms with Gasteiger partial charge in [0.15, 0.2) is 5.96 Å². The number of nitrogens with one attached hydrogen (secondary N) is 2. The highest BCUT2D eigenvalue weighted by Crippen LogP contribution is 2.34. The molecule has 3 rings (SSSR count). The highest BCUT2D eigenvalue weighted by atomic mass is 127. The van der Waals surface area contributed by atoms with E-state index in [1.165, 1.54) is 17.7 Å². The smallest absolute Gasteiger partial charge is 0.191 e. The number of nitrogens with zero attached hydrogens (tertiary/aromatic N) is 1. The maximum atomic E-state index is 5.92. The minimum Gasteiger partial charge on any atom is -0.373 e. The van der Waals surface area contributed by atoms with Gasteiger partial charge in [-0.3, -0.25) is 4.99 Å². The van der Waals surface area contributed by atoms with Crippen molar-refractivity contribution in [1.82, 2.24) is 10.6 Å². The van der Waals surface area contributed by atoms with Gasteiger partial charge >= 0.3 is 0 Å². The average molecular weight is 461 g/mol. The number of halogens is 1. The van der Waals surface area contributed by atoms with E-state index in [0.717, 1.165) is 25.5 Å². The normalized spacial score (nSPS) is 26.8. The zero-order valence-corrected chi connectivity index (χ0v) is 17.6. The summed E-state index contributed by atoms with van der Waals surface area (Å²) in [4.78, 5) is 6.08. The van der Waals surface area contributed by atoms with Crippen molar-refractivity contribution in [3.63, 3.8) is 0 Å². The Kier molecular flexibility index (Phi) is 8.16. The molecule has 2 aliphatic rings. The molecule has 6 heteroatoms. The van der Waals surface area contributed by atoms with Crippen LogP contribution in [0.2, 0.25) is 0 Å². The minimum absolute atomic E-state index is 0. The Morgan fingerprint density at radius 1 is 1.33 bits per heavy atom. The molecule has 2 aliphatic heterocycles. The molecule has 2 heterocycles. The average Bonchev–Trinajstić information content (AvgIpc) is 3.16. The maximum Gasteiger partial charge on any atom is 0.191 e. The molecule has 4 nitrogen and oxygen atoms in total. The standard InChI is InChI=1S/C18H27N3OS.HI/c1-3-19-18(21-16-11-14-9-10-17(16)22-14)20-12-13(2)23-15-7-5-4-6-8-15;/h4-8,13-14,16-17H,3,9-12H2,1-2H3,(H2,19,20,21);1H. The molecule has 0 amide bonds. The summed E-state index contributed by atoms with van der Waals surface area (Å²) in [6, 6.07) is 10.9. The van der Waals surface area contributed by atoms with Crippen LogP contribution in [0.4, 0.5) is 0 Å². The van der Waals surface area contributed by atoms with E-state index in [4.69, 9.17) is 9.73 Å². The minimum atomic E-state index is 0. The highest BCUT2D eigenvalue weighted by Gasteiger charge is 2.41. The highest BCUT2D eigenvalue weighted by molar-refractivity contribution is 14.0. The second kappa shape index (κ2) is 9.87. The first-order chi connectivity index (χ1) is 11.2. The molecular formula is C18H28IN3OS. The van der Waals surface area contributed by atoms with Crippen molar-refractivity contribution in [3.8, 4) is 0 Å². The lowest BCUT2D eigenvalue weighted by Gasteiger charge is -2.23. The van der Waals surface area contributed by atoms with Gasteiger partial charge in [-0.1, -0.05) is 25.1 Å². The third-order valence-electron chi connectivity index (χ3n) is 4.36. The van der Waals surface area contributed by atoms with Gasteiger partial charge < -0.3 is 15.4 Å². The predicted molar refractivity (Wildman–Crippen MR) is 113 cm³/mol. The third-order valence-corrected chi connectivity index (χ3v) is 5.46. The van der Waals surface area contributed by atoms with Crippen LogP contribution in [0.3, 0.4) is 0 Å². The van der Waals surface area contributed by atoms with Gasteiger partial charge in [-0.05, 0) is 38.3 Å². The fraction of sp³-hybridized carbons (Fsp3) is 0.611. The Balaban J connectivity index is 0.00000208. The molecule has 134 valence electrons. The van der Waals surface area contributed by atoms with Gasteiger partial charge in [0.25, 0.3) is 0 Å². The van der Waals surface area contributed by atoms with Gasteiger partial charge in [0, 0.05) is 16.7 Å². The molecule has 2 N–H and O–H groups in total. The van der Waals surface area contributed by atoms with Crippen LogP contribution in [-0.4, -0.2) is 42.5 Å². The Bertz CT molecular complexity index is 528. The molecule has 2 saturated heterocycles. The van der Waals surface area contributed by atoms with E-state index in [2.05, 4.69) is 54.8 Å². The first-order valence-electron chi connectivity index (χ1n) is 8.66. The van der Waals surface area contributed by atoms with Gasteiger partial charge in [-0.2, -0.15) is 0 Å². The Morgan fingerprint density at radius 2 is 2.12 bits per heavy atom. The van der Waals surface area contributed by atoms with E-state index in [1.807, 2.05) is 11.8 Å². The monoisotopic (exact) mass is 461 g/mol. The van der Waals surface area contributed by atoms with Gasteiger partial charge in [0.05, 0.1) is 24.8 Å². The quantitative estimate of drug-likeness (QED) is 0.294. The Labute approximate surface area is 166 Å². The Morgan fingerprint density at radius 3 is 2.75 bits per heavy atom. The van der Waals surface area contributed by atoms with Crippen LogP contribution in [-0.2, 0) is 4.74 Å². The topological polar surface area (TPSA) is 45.7 Å². The molecule has 0 aromatic heterocycles. The van der Waals surface area contributed by atoms with Gasteiger partial charge in [0.2, 0.25) is 0 Å². The second-order valence-electron chi connectivity index (χ2n) is 6.32. The first kappa shape index (κ1) is 19.8. The summed E-state index contributed by atoms with van der Waals surface area (Å²) in [7, 11) is 0. The summed E-state index contributed by atoms with van der Waals surface area (Å²) >= 11 is 1.87. The number of fused-ring (bicyclic) bond motifs is 2. The molecule has 2 bridgehead atoms. The summed E-state index contributed by atoms with van der Waals surface area (Å²) in [5.74, 6) is 0.925. The van der Waals surface area contributed by atoms with E-state index in [9.17, 15) is 0 Å². The van der Waals surface area contributed by atoms with Crippen LogP contribution >= 0.6 is 35.7 Å². The van der Waals surface area contributed by atoms with Crippen molar-refractivity contribution in [3.05, 3.63) is 30.3 Å². The molecule has 4 unspecified atom stereocenters. The van der Waals surface area contributed by atoms with E-state index >= 15 is 0 Å². The van der Waals surface area contributed by atoms with Crippen LogP contribution in [0.25, 0.3) is 0 Å². The lowest BCUT2D eigenvalue weighted by molar-refractivity contribution is 0.0992. The summed E-state index contributed by atoms with van der Waals surface area (Å²) in [5, 5.41) is 7.38. The van der Waals surface area contributed by atoms with E-state index in [-0.39, 0.29) is 24.0 Å². The van der Waals surface area contributed by atoms with E-state index in [0.29, 0.717) is 23.5 Å². The summed E-state index contributed by atoms with van der Waals surface area (Å²) < 4.78 is 5.92. The van der Waals surface area contributed by atoms with E-state index < -0.39 is 0 Å². The van der Waals surface area contributed by atoms with Crippen LogP contribution < -0.4 is 10.6 Å². The molecule has 0 spiro atoms. The number of ether oxygens (including phenoxy) is 1. The van der Waals surface area contributed by atoms with Crippen molar-refractivity contribution in [2.75, 3.05) is 13.1 Å². The molecule has 4 atom stereocenters. The fourth-order valence-corrected chi connectivity index (χ4v) is 4.20. The molecule has 2 fully saturated rings. The molecule has 24 heavy (non-hydrogen) atoms. The van der Waals surface area contributed by atoms with Gasteiger partial charge in [0.1, 0.15) is 0 Å². The number of hydrogen-bond donors (Lipinski definition) is 2. The number of guanidine groups is 1. The van der Waals surface area contributed by atoms with Gasteiger partial charge in [-0.25, -0.2) is 0 Å². The SMILES string of the molecule is CCNC(=NCC(C)Sc1ccccc1)NC1CC2CCC1O2.I. The van der Waals surface area contributed by atoms with Crippen molar-refractivity contribution in [1.29, 1.82) is 0 Å². The molecule has 0 radical (unpaired) electrons. The second-order valence-corrected chi connectivity index (χ2v) is 7.83. The predicted octanol–water partition coefficient (Wildman–Crippen LogP) is 3.66. The van der Waals surface area contributed by atoms with Crippen LogP contribution in [0.15, 0.2) is 40.2 Å². The molecular weight excluding hydrogens is 433 g/mol. The number of benzene rings is 1. The largest absolute Gasteiger partial charge is 0.373 e. The molecule has 0 saturated carbocycles. The summed E-state index contributed by atoms with van der Waals surface area (Å²) in [5.41, 5.74) is 0. The van der Waals surface area contributed by atoms with Crippen molar-refractivity contribution in [2.24, 2.45) is 4.99 Å². The fourth-order valence-electron chi connectivity index (χ4n) is 3.27. The molecule has 0 aliphatic carbocycles. The third kappa shape index (κ3) is 5.52. The van der Waals surface area contributed by atoms with Crippen molar-refractivity contribution in [2.45, 2.75) is 61.5 Å². The number of rotatable bonds is 6. The zero-order valence-electron chi connectivity index (χ0n) is 14.4. The van der Waals surface area contributed by atoms with Crippen LogP contribution in [0.5, 0.6) is 0 Å². The zero-order chi connectivity index (χ0) is 16.1. The van der Waals surface area contributed by atoms with Crippen LogP contribution in [0, 0.1) is 0 Å². The molecule has 1 aromatic carbocycles. The van der Waals surface area contributed by atoms with E-state index in [1.54, 1.807) is 0 Å². The summed E-state index contributed by atoms with van der Waals surface area (Å²) in [6.45, 7) is 6.02. The van der Waals surface area contributed by atoms with Gasteiger partial charge in [-0.15, -0.1) is 35.7 Å². The van der Waals surface area contributed by atoms with Crippen molar-refractivity contribution < 1.29 is 4.74 Å². The van der Waals surface area contributed by atoms with Crippen molar-refractivity contribution >= 4 is 41.7 Å². The lowest BCUT2D eigenvalue weighted by Crippen LogP contribution is -2.47. The Hall–Kier alpha value is -0.470.